The van der Waals surface area contributed by atoms with Gasteiger partial charge in [-0.1, -0.05) is 41.2 Å². The first kappa shape index (κ1) is 9.54. The van der Waals surface area contributed by atoms with Gasteiger partial charge in [-0.15, -0.1) is 0 Å². The Hall–Kier alpha value is -1.68. The van der Waals surface area contributed by atoms with Gasteiger partial charge in [-0.2, -0.15) is 5.10 Å². The van der Waals surface area contributed by atoms with Crippen LogP contribution >= 0.6 is 11.3 Å². The number of aromatic nitrogens is 3. The average molecular weight is 229 g/mol. The summed E-state index contributed by atoms with van der Waals surface area (Å²) in [6, 6.07) is 8.51. The molecule has 0 aliphatic carbocycles. The van der Waals surface area contributed by atoms with Crippen LogP contribution in [0.25, 0.3) is 15.4 Å². The maximum absolute atomic E-state index is 4.22. The second kappa shape index (κ2) is 3.42. The zero-order valence-electron chi connectivity index (χ0n) is 9.14. The van der Waals surface area contributed by atoms with E-state index in [9.17, 15) is 0 Å². The molecule has 0 amide bonds. The zero-order chi connectivity index (χ0) is 11.1. The summed E-state index contributed by atoms with van der Waals surface area (Å²) < 4.78 is 1.89. The molecule has 16 heavy (non-hydrogen) atoms. The monoisotopic (exact) mass is 229 g/mol. The molecule has 0 N–H and O–H groups in total. The summed E-state index contributed by atoms with van der Waals surface area (Å²) in [6.07, 6.45) is 1.60. The molecule has 0 atom stereocenters. The normalized spacial score (nSPS) is 11.1. The van der Waals surface area contributed by atoms with E-state index in [1.165, 1.54) is 16.0 Å². The molecule has 0 unspecified atom stereocenters. The van der Waals surface area contributed by atoms with E-state index in [4.69, 9.17) is 0 Å². The third-order valence-electron chi connectivity index (χ3n) is 2.64. The van der Waals surface area contributed by atoms with Crippen molar-refractivity contribution in [2.75, 3.05) is 0 Å². The molecule has 3 aromatic rings. The van der Waals surface area contributed by atoms with Crippen LogP contribution < -0.4 is 0 Å². The summed E-state index contributed by atoms with van der Waals surface area (Å²) in [5.41, 5.74) is 3.67. The molecular weight excluding hydrogens is 218 g/mol. The van der Waals surface area contributed by atoms with E-state index in [1.807, 2.05) is 4.52 Å². The van der Waals surface area contributed by atoms with Gasteiger partial charge in [-0.3, -0.25) is 0 Å². The van der Waals surface area contributed by atoms with E-state index >= 15 is 0 Å². The van der Waals surface area contributed by atoms with E-state index in [-0.39, 0.29) is 0 Å². The second-order valence-corrected chi connectivity index (χ2v) is 4.82. The van der Waals surface area contributed by atoms with Crippen molar-refractivity contribution in [3.63, 3.8) is 0 Å². The quantitative estimate of drug-likeness (QED) is 0.642. The van der Waals surface area contributed by atoms with Gasteiger partial charge < -0.3 is 0 Å². The van der Waals surface area contributed by atoms with Crippen LogP contribution in [-0.4, -0.2) is 14.6 Å². The van der Waals surface area contributed by atoms with Crippen LogP contribution in [0, 0.1) is 13.8 Å². The number of nitrogens with zero attached hydrogens (tertiary/aromatic N) is 3. The third kappa shape index (κ3) is 1.34. The highest BCUT2D eigenvalue weighted by atomic mass is 32.1. The predicted molar refractivity (Wildman–Crippen MR) is 65.8 cm³/mol. The molecule has 1 aromatic carbocycles. The number of hydrogen-bond donors (Lipinski definition) is 0. The summed E-state index contributed by atoms with van der Waals surface area (Å²) in [5.74, 6) is 0. The van der Waals surface area contributed by atoms with Crippen LogP contribution in [-0.2, 0) is 0 Å². The minimum absolute atomic E-state index is 0.953. The highest BCUT2D eigenvalue weighted by molar-refractivity contribution is 7.20. The lowest BCUT2D eigenvalue weighted by molar-refractivity contribution is 0.933. The van der Waals surface area contributed by atoms with Gasteiger partial charge in [-0.05, 0) is 19.4 Å². The first-order chi connectivity index (χ1) is 7.75. The largest absolute Gasteiger partial charge is 0.212 e. The Morgan fingerprint density at radius 3 is 2.88 bits per heavy atom. The van der Waals surface area contributed by atoms with Gasteiger partial charge in [0.2, 0.25) is 4.96 Å². The summed E-state index contributed by atoms with van der Waals surface area (Å²) in [7, 11) is 0. The molecule has 0 aliphatic rings. The Morgan fingerprint density at radius 1 is 1.25 bits per heavy atom. The first-order valence-electron chi connectivity index (χ1n) is 5.12. The highest BCUT2D eigenvalue weighted by Gasteiger charge is 2.11. The van der Waals surface area contributed by atoms with E-state index in [0.717, 1.165) is 10.7 Å². The van der Waals surface area contributed by atoms with Gasteiger partial charge >= 0.3 is 0 Å². The minimum Gasteiger partial charge on any atom is -0.208 e. The van der Waals surface area contributed by atoms with Gasteiger partial charge in [0.25, 0.3) is 0 Å². The lowest BCUT2D eigenvalue weighted by Gasteiger charge is -2.00. The van der Waals surface area contributed by atoms with Crippen LogP contribution in [0.3, 0.4) is 0 Å². The van der Waals surface area contributed by atoms with Crippen molar-refractivity contribution in [3.05, 3.63) is 41.9 Å². The van der Waals surface area contributed by atoms with Crippen molar-refractivity contribution in [1.29, 1.82) is 0 Å². The Kier molecular flexibility index (Phi) is 2.04. The Bertz CT molecular complexity index is 651. The molecule has 0 saturated carbocycles. The standard InChI is InChI=1S/C12H11N3S/c1-8-4-3-5-10(6-8)11-9(2)15-12(16-11)13-7-14-15/h3-7H,1-2H3. The summed E-state index contributed by atoms with van der Waals surface area (Å²) in [4.78, 5) is 6.42. The molecule has 3 nitrogen and oxygen atoms in total. The van der Waals surface area contributed by atoms with Crippen molar-refractivity contribution in [1.82, 2.24) is 14.6 Å². The highest BCUT2D eigenvalue weighted by Crippen LogP contribution is 2.31. The Labute approximate surface area is 97.4 Å². The molecule has 0 fully saturated rings. The summed E-state index contributed by atoms with van der Waals surface area (Å²) in [5, 5.41) is 4.20. The summed E-state index contributed by atoms with van der Waals surface area (Å²) >= 11 is 1.68. The van der Waals surface area contributed by atoms with Crippen molar-refractivity contribution in [2.24, 2.45) is 0 Å². The maximum Gasteiger partial charge on any atom is 0.212 e. The van der Waals surface area contributed by atoms with Gasteiger partial charge in [0.15, 0.2) is 0 Å². The van der Waals surface area contributed by atoms with Crippen LogP contribution in [0.5, 0.6) is 0 Å². The fourth-order valence-corrected chi connectivity index (χ4v) is 2.88. The molecule has 4 heteroatoms. The van der Waals surface area contributed by atoms with Crippen molar-refractivity contribution >= 4 is 16.3 Å². The molecule has 3 rings (SSSR count). The smallest absolute Gasteiger partial charge is 0.208 e. The van der Waals surface area contributed by atoms with Crippen LogP contribution in [0.4, 0.5) is 0 Å². The molecule has 0 aliphatic heterocycles. The van der Waals surface area contributed by atoms with E-state index in [1.54, 1.807) is 17.7 Å². The minimum atomic E-state index is 0.953. The molecule has 0 saturated heterocycles. The number of aryl methyl sites for hydroxylation is 2. The number of fused-ring (bicyclic) bond motifs is 1. The molecule has 2 heterocycles. The molecular formula is C12H11N3S. The number of rotatable bonds is 1. The average Bonchev–Trinajstić information content (AvgIpc) is 2.82. The summed E-state index contributed by atoms with van der Waals surface area (Å²) in [6.45, 7) is 4.19. The molecule has 80 valence electrons. The van der Waals surface area contributed by atoms with Crippen LogP contribution in [0.1, 0.15) is 11.3 Å². The van der Waals surface area contributed by atoms with E-state index < -0.39 is 0 Å². The van der Waals surface area contributed by atoms with Crippen molar-refractivity contribution < 1.29 is 0 Å². The molecule has 0 bridgehead atoms. The number of benzene rings is 1. The zero-order valence-corrected chi connectivity index (χ0v) is 9.95. The van der Waals surface area contributed by atoms with Crippen LogP contribution in [0.2, 0.25) is 0 Å². The lowest BCUT2D eigenvalue weighted by atomic mass is 10.1. The third-order valence-corrected chi connectivity index (χ3v) is 3.83. The van der Waals surface area contributed by atoms with Gasteiger partial charge in [0.1, 0.15) is 6.33 Å². The van der Waals surface area contributed by atoms with Gasteiger partial charge in [-0.25, -0.2) is 9.50 Å². The molecule has 0 spiro atoms. The number of thiazole rings is 1. The van der Waals surface area contributed by atoms with Gasteiger partial charge in [0, 0.05) is 0 Å². The first-order valence-corrected chi connectivity index (χ1v) is 5.93. The van der Waals surface area contributed by atoms with Crippen molar-refractivity contribution in [3.8, 4) is 10.4 Å². The SMILES string of the molecule is Cc1cccc(-c2sc3ncnn3c2C)c1. The molecule has 2 aromatic heterocycles. The van der Waals surface area contributed by atoms with Gasteiger partial charge in [0.05, 0.1) is 10.6 Å². The molecule has 0 radical (unpaired) electrons. The fourth-order valence-electron chi connectivity index (χ4n) is 1.85. The Morgan fingerprint density at radius 2 is 2.12 bits per heavy atom. The maximum atomic E-state index is 4.22. The Balaban J connectivity index is 2.25. The topological polar surface area (TPSA) is 30.2 Å². The fraction of sp³-hybridized carbons (Fsp3) is 0.167. The second-order valence-electron chi connectivity index (χ2n) is 3.84. The van der Waals surface area contributed by atoms with Crippen molar-refractivity contribution in [2.45, 2.75) is 13.8 Å². The van der Waals surface area contributed by atoms with E-state index in [0.29, 0.717) is 0 Å². The lowest BCUT2D eigenvalue weighted by Crippen LogP contribution is -1.87. The number of hydrogen-bond acceptors (Lipinski definition) is 3. The predicted octanol–water partition coefficient (Wildman–Crippen LogP) is 3.07. The van der Waals surface area contributed by atoms with E-state index in [2.05, 4.69) is 48.2 Å². The van der Waals surface area contributed by atoms with Crippen LogP contribution in [0.15, 0.2) is 30.6 Å².